The Hall–Kier alpha value is -1.68. The fraction of sp³-hybridized carbons (Fsp3) is 0.467. The second-order valence-corrected chi connectivity index (χ2v) is 4.85. The van der Waals surface area contributed by atoms with Crippen molar-refractivity contribution in [2.24, 2.45) is 0 Å². The Morgan fingerprint density at radius 3 is 2.89 bits per heavy atom. The fourth-order valence-electron chi connectivity index (χ4n) is 2.10. The molecule has 0 bridgehead atoms. The molecule has 1 heterocycles. The Labute approximate surface area is 113 Å². The van der Waals surface area contributed by atoms with Gasteiger partial charge in [-0.05, 0) is 32.0 Å². The van der Waals surface area contributed by atoms with E-state index in [4.69, 9.17) is 0 Å². The van der Waals surface area contributed by atoms with Gasteiger partial charge in [0.05, 0.1) is 16.9 Å². The minimum atomic E-state index is -0.0668. The summed E-state index contributed by atoms with van der Waals surface area (Å²) in [7, 11) is 0. The van der Waals surface area contributed by atoms with Gasteiger partial charge in [-0.25, -0.2) is 4.98 Å². The molecule has 0 aliphatic rings. The first-order valence-electron chi connectivity index (χ1n) is 6.94. The largest absolute Gasteiger partial charge is 0.309 e. The molecule has 0 fully saturated rings. The first-order chi connectivity index (χ1) is 9.22. The van der Waals surface area contributed by atoms with Crippen LogP contribution >= 0.6 is 0 Å². The fourth-order valence-corrected chi connectivity index (χ4v) is 2.10. The number of para-hydroxylation sites is 1. The summed E-state index contributed by atoms with van der Waals surface area (Å²) in [5.74, 6) is 0.709. The topological polar surface area (TPSA) is 57.8 Å². The van der Waals surface area contributed by atoms with E-state index in [0.29, 0.717) is 11.2 Å². The Morgan fingerprint density at radius 1 is 1.32 bits per heavy atom. The lowest BCUT2D eigenvalue weighted by Crippen LogP contribution is -2.24. The third kappa shape index (κ3) is 3.41. The lowest BCUT2D eigenvalue weighted by Gasteiger charge is -2.13. The molecule has 1 aromatic carbocycles. The molecular formula is C15H21N3O. The molecule has 2 N–H and O–H groups in total. The van der Waals surface area contributed by atoms with Gasteiger partial charge in [-0.15, -0.1) is 0 Å². The van der Waals surface area contributed by atoms with Crippen LogP contribution in [0.2, 0.25) is 0 Å². The molecule has 0 saturated heterocycles. The quantitative estimate of drug-likeness (QED) is 0.784. The zero-order valence-electron chi connectivity index (χ0n) is 11.6. The molecule has 2 aromatic rings. The number of nitrogens with zero attached hydrogens (tertiary/aromatic N) is 1. The van der Waals surface area contributed by atoms with E-state index in [0.717, 1.165) is 18.5 Å². The number of hydrogen-bond acceptors (Lipinski definition) is 3. The van der Waals surface area contributed by atoms with Crippen molar-refractivity contribution in [1.82, 2.24) is 15.3 Å². The van der Waals surface area contributed by atoms with Gasteiger partial charge in [0.1, 0.15) is 5.82 Å². The Morgan fingerprint density at radius 2 is 2.11 bits per heavy atom. The van der Waals surface area contributed by atoms with Crippen molar-refractivity contribution in [2.45, 2.75) is 39.2 Å². The second-order valence-electron chi connectivity index (χ2n) is 4.85. The summed E-state index contributed by atoms with van der Waals surface area (Å²) >= 11 is 0. The number of aromatic amines is 1. The first kappa shape index (κ1) is 13.7. The van der Waals surface area contributed by atoms with Crippen LogP contribution in [0.25, 0.3) is 10.9 Å². The van der Waals surface area contributed by atoms with Crippen LogP contribution in [0.3, 0.4) is 0 Å². The van der Waals surface area contributed by atoms with E-state index in [9.17, 15) is 4.79 Å². The van der Waals surface area contributed by atoms with E-state index >= 15 is 0 Å². The van der Waals surface area contributed by atoms with Crippen LogP contribution in [-0.2, 0) is 0 Å². The average molecular weight is 259 g/mol. The summed E-state index contributed by atoms with van der Waals surface area (Å²) in [5.41, 5.74) is 0.686. The van der Waals surface area contributed by atoms with Gasteiger partial charge >= 0.3 is 0 Å². The van der Waals surface area contributed by atoms with Gasteiger partial charge in [0.15, 0.2) is 0 Å². The molecular weight excluding hydrogens is 238 g/mol. The Balaban J connectivity index is 2.14. The van der Waals surface area contributed by atoms with E-state index in [1.54, 1.807) is 6.07 Å². The van der Waals surface area contributed by atoms with Crippen LogP contribution in [0.4, 0.5) is 0 Å². The summed E-state index contributed by atoms with van der Waals surface area (Å²) < 4.78 is 0. The number of aromatic nitrogens is 2. The van der Waals surface area contributed by atoms with E-state index in [-0.39, 0.29) is 11.6 Å². The van der Waals surface area contributed by atoms with E-state index in [2.05, 4.69) is 22.2 Å². The molecule has 4 nitrogen and oxygen atoms in total. The summed E-state index contributed by atoms with van der Waals surface area (Å²) in [6.45, 7) is 5.16. The van der Waals surface area contributed by atoms with Gasteiger partial charge in [0.25, 0.3) is 5.56 Å². The maximum Gasteiger partial charge on any atom is 0.258 e. The van der Waals surface area contributed by atoms with Crippen LogP contribution in [0.15, 0.2) is 29.1 Å². The summed E-state index contributed by atoms with van der Waals surface area (Å²) in [4.78, 5) is 19.3. The SMILES string of the molecule is CCCCCNC(C)c1nc2ccccc2c(=O)[nH]1. The minimum absolute atomic E-state index is 0.0640. The predicted molar refractivity (Wildman–Crippen MR) is 78.3 cm³/mol. The number of H-pyrrole nitrogens is 1. The molecule has 1 unspecified atom stereocenters. The van der Waals surface area contributed by atoms with Gasteiger partial charge in [-0.1, -0.05) is 31.9 Å². The van der Waals surface area contributed by atoms with Crippen LogP contribution in [0.5, 0.6) is 0 Å². The van der Waals surface area contributed by atoms with Crippen LogP contribution < -0.4 is 10.9 Å². The number of nitrogens with one attached hydrogen (secondary N) is 2. The molecule has 0 saturated carbocycles. The van der Waals surface area contributed by atoms with Gasteiger partial charge in [0.2, 0.25) is 0 Å². The smallest absolute Gasteiger partial charge is 0.258 e. The summed E-state index contributed by atoms with van der Waals surface area (Å²) in [6.07, 6.45) is 3.58. The first-order valence-corrected chi connectivity index (χ1v) is 6.94. The van der Waals surface area contributed by atoms with Crippen molar-refractivity contribution in [3.8, 4) is 0 Å². The van der Waals surface area contributed by atoms with Crippen molar-refractivity contribution in [3.63, 3.8) is 0 Å². The highest BCUT2D eigenvalue weighted by Gasteiger charge is 2.09. The van der Waals surface area contributed by atoms with E-state index in [1.807, 2.05) is 25.1 Å². The van der Waals surface area contributed by atoms with Gasteiger partial charge in [-0.2, -0.15) is 0 Å². The molecule has 102 valence electrons. The third-order valence-corrected chi connectivity index (χ3v) is 3.27. The van der Waals surface area contributed by atoms with Crippen LogP contribution in [-0.4, -0.2) is 16.5 Å². The zero-order valence-corrected chi connectivity index (χ0v) is 11.6. The Bertz CT molecular complexity index is 591. The molecule has 1 aromatic heterocycles. The number of rotatable bonds is 6. The van der Waals surface area contributed by atoms with Gasteiger partial charge in [-0.3, -0.25) is 4.79 Å². The van der Waals surface area contributed by atoms with Crippen molar-refractivity contribution in [3.05, 3.63) is 40.4 Å². The molecule has 2 rings (SSSR count). The highest BCUT2D eigenvalue weighted by atomic mass is 16.1. The van der Waals surface area contributed by atoms with E-state index < -0.39 is 0 Å². The number of unbranched alkanes of at least 4 members (excludes halogenated alkanes) is 2. The molecule has 0 radical (unpaired) electrons. The molecule has 0 aliphatic carbocycles. The molecule has 4 heteroatoms. The standard InChI is InChI=1S/C15H21N3O/c1-3-4-7-10-16-11(2)14-17-13-9-6-5-8-12(13)15(19)18-14/h5-6,8-9,11,16H,3-4,7,10H2,1-2H3,(H,17,18,19). The lowest BCUT2D eigenvalue weighted by molar-refractivity contribution is 0.524. The zero-order chi connectivity index (χ0) is 13.7. The van der Waals surface area contributed by atoms with Crippen molar-refractivity contribution < 1.29 is 0 Å². The molecule has 0 amide bonds. The monoisotopic (exact) mass is 259 g/mol. The molecule has 0 aliphatic heterocycles. The van der Waals surface area contributed by atoms with Crippen molar-refractivity contribution >= 4 is 10.9 Å². The van der Waals surface area contributed by atoms with Gasteiger partial charge < -0.3 is 10.3 Å². The van der Waals surface area contributed by atoms with Gasteiger partial charge in [0, 0.05) is 0 Å². The lowest BCUT2D eigenvalue weighted by atomic mass is 10.2. The summed E-state index contributed by atoms with van der Waals surface area (Å²) in [5, 5.41) is 4.04. The number of hydrogen-bond donors (Lipinski definition) is 2. The highest BCUT2D eigenvalue weighted by molar-refractivity contribution is 5.77. The van der Waals surface area contributed by atoms with Crippen molar-refractivity contribution in [1.29, 1.82) is 0 Å². The second kappa shape index (κ2) is 6.48. The van der Waals surface area contributed by atoms with Crippen LogP contribution in [0.1, 0.15) is 45.0 Å². The van der Waals surface area contributed by atoms with E-state index in [1.165, 1.54) is 12.8 Å². The summed E-state index contributed by atoms with van der Waals surface area (Å²) in [6, 6.07) is 7.49. The predicted octanol–water partition coefficient (Wildman–Crippen LogP) is 2.76. The maximum atomic E-state index is 12.0. The highest BCUT2D eigenvalue weighted by Crippen LogP contribution is 2.10. The van der Waals surface area contributed by atoms with Crippen molar-refractivity contribution in [2.75, 3.05) is 6.54 Å². The third-order valence-electron chi connectivity index (χ3n) is 3.27. The number of fused-ring (bicyclic) bond motifs is 1. The number of benzene rings is 1. The molecule has 0 spiro atoms. The normalized spacial score (nSPS) is 12.7. The minimum Gasteiger partial charge on any atom is -0.309 e. The Kier molecular flexibility index (Phi) is 4.68. The average Bonchev–Trinajstić information content (AvgIpc) is 2.43. The molecule has 1 atom stereocenters. The molecule has 19 heavy (non-hydrogen) atoms. The van der Waals surface area contributed by atoms with Crippen LogP contribution in [0, 0.1) is 0 Å². The maximum absolute atomic E-state index is 12.0.